The van der Waals surface area contributed by atoms with Crippen molar-refractivity contribution in [2.24, 2.45) is 0 Å². The highest BCUT2D eigenvalue weighted by Gasteiger charge is 2.34. The van der Waals surface area contributed by atoms with Crippen LogP contribution < -0.4 is 5.32 Å². The summed E-state index contributed by atoms with van der Waals surface area (Å²) in [6, 6.07) is 0.503. The first-order chi connectivity index (χ1) is 8.60. The molecule has 1 N–H and O–H groups in total. The van der Waals surface area contributed by atoms with Crippen LogP contribution in [0.5, 0.6) is 0 Å². The molecule has 1 aliphatic carbocycles. The summed E-state index contributed by atoms with van der Waals surface area (Å²) in [6.07, 6.45) is 7.08. The van der Waals surface area contributed by atoms with Crippen LogP contribution in [0.25, 0.3) is 0 Å². The SMILES string of the molecule is CC(C)NCCc1nnc(C2(C)CCCCC2)o1. The van der Waals surface area contributed by atoms with E-state index in [9.17, 15) is 0 Å². The number of aromatic nitrogens is 2. The molecule has 1 aromatic rings. The second-order valence-corrected chi connectivity index (χ2v) is 5.98. The zero-order chi connectivity index (χ0) is 13.0. The van der Waals surface area contributed by atoms with Gasteiger partial charge in [-0.15, -0.1) is 10.2 Å². The van der Waals surface area contributed by atoms with E-state index in [0.717, 1.165) is 24.7 Å². The van der Waals surface area contributed by atoms with Gasteiger partial charge in [0.25, 0.3) is 0 Å². The molecule has 4 nitrogen and oxygen atoms in total. The number of nitrogens with zero attached hydrogens (tertiary/aromatic N) is 2. The molecular formula is C14H25N3O. The number of hydrogen-bond acceptors (Lipinski definition) is 4. The molecule has 18 heavy (non-hydrogen) atoms. The van der Waals surface area contributed by atoms with Gasteiger partial charge in [-0.05, 0) is 12.8 Å². The molecular weight excluding hydrogens is 226 g/mol. The van der Waals surface area contributed by atoms with Crippen molar-refractivity contribution >= 4 is 0 Å². The lowest BCUT2D eigenvalue weighted by atomic mass is 9.76. The Morgan fingerprint density at radius 2 is 1.94 bits per heavy atom. The minimum absolute atomic E-state index is 0.120. The smallest absolute Gasteiger partial charge is 0.222 e. The molecule has 0 amide bonds. The highest BCUT2D eigenvalue weighted by molar-refractivity contribution is 5.03. The Bertz CT molecular complexity index is 367. The predicted octanol–water partition coefficient (Wildman–Crippen LogP) is 2.83. The van der Waals surface area contributed by atoms with E-state index < -0.39 is 0 Å². The molecule has 4 heteroatoms. The molecule has 0 atom stereocenters. The maximum Gasteiger partial charge on any atom is 0.222 e. The van der Waals surface area contributed by atoms with E-state index in [4.69, 9.17) is 4.42 Å². The molecule has 102 valence electrons. The number of nitrogens with one attached hydrogen (secondary N) is 1. The molecule has 0 aliphatic heterocycles. The monoisotopic (exact) mass is 251 g/mol. The molecule has 1 heterocycles. The van der Waals surface area contributed by atoms with Crippen LogP contribution in [0, 0.1) is 0 Å². The highest BCUT2D eigenvalue weighted by atomic mass is 16.4. The molecule has 1 saturated carbocycles. The summed E-state index contributed by atoms with van der Waals surface area (Å²) >= 11 is 0. The van der Waals surface area contributed by atoms with Crippen LogP contribution in [0.15, 0.2) is 4.42 Å². The molecule has 0 aromatic carbocycles. The maximum atomic E-state index is 5.85. The molecule has 1 fully saturated rings. The molecule has 2 rings (SSSR count). The van der Waals surface area contributed by atoms with Crippen molar-refractivity contribution in [3.63, 3.8) is 0 Å². The van der Waals surface area contributed by atoms with Gasteiger partial charge in [0.2, 0.25) is 11.8 Å². The maximum absolute atomic E-state index is 5.85. The van der Waals surface area contributed by atoms with Gasteiger partial charge in [-0.2, -0.15) is 0 Å². The van der Waals surface area contributed by atoms with Crippen molar-refractivity contribution in [2.45, 2.75) is 70.8 Å². The fraction of sp³-hybridized carbons (Fsp3) is 0.857. The summed E-state index contributed by atoms with van der Waals surface area (Å²) < 4.78 is 5.85. The van der Waals surface area contributed by atoms with E-state index in [-0.39, 0.29) is 5.41 Å². The Labute approximate surface area is 110 Å². The quantitative estimate of drug-likeness (QED) is 0.874. The summed E-state index contributed by atoms with van der Waals surface area (Å²) in [7, 11) is 0. The van der Waals surface area contributed by atoms with Crippen LogP contribution in [0.2, 0.25) is 0 Å². The second kappa shape index (κ2) is 5.83. The molecule has 0 bridgehead atoms. The second-order valence-electron chi connectivity index (χ2n) is 5.98. The third-order valence-corrected chi connectivity index (χ3v) is 3.83. The fourth-order valence-corrected chi connectivity index (χ4v) is 2.61. The predicted molar refractivity (Wildman–Crippen MR) is 71.6 cm³/mol. The minimum Gasteiger partial charge on any atom is -0.425 e. The Balaban J connectivity index is 1.92. The van der Waals surface area contributed by atoms with Crippen LogP contribution in [-0.2, 0) is 11.8 Å². The highest BCUT2D eigenvalue weighted by Crippen LogP contribution is 2.38. The van der Waals surface area contributed by atoms with Crippen molar-refractivity contribution in [2.75, 3.05) is 6.54 Å². The van der Waals surface area contributed by atoms with Gasteiger partial charge in [0.05, 0.1) is 0 Å². The van der Waals surface area contributed by atoms with Gasteiger partial charge in [0.15, 0.2) is 0 Å². The van der Waals surface area contributed by atoms with Crippen molar-refractivity contribution < 1.29 is 4.42 Å². The summed E-state index contributed by atoms with van der Waals surface area (Å²) in [5, 5.41) is 11.8. The van der Waals surface area contributed by atoms with Gasteiger partial charge < -0.3 is 9.73 Å². The third-order valence-electron chi connectivity index (χ3n) is 3.83. The average molecular weight is 251 g/mol. The van der Waals surface area contributed by atoms with Gasteiger partial charge in [0, 0.05) is 24.4 Å². The van der Waals surface area contributed by atoms with Crippen LogP contribution in [0.3, 0.4) is 0 Å². The third kappa shape index (κ3) is 3.31. The Hall–Kier alpha value is -0.900. The molecule has 0 saturated heterocycles. The van der Waals surface area contributed by atoms with Crippen molar-refractivity contribution in [1.29, 1.82) is 0 Å². The van der Waals surface area contributed by atoms with Gasteiger partial charge in [-0.3, -0.25) is 0 Å². The molecule has 1 aliphatic rings. The van der Waals surface area contributed by atoms with Gasteiger partial charge in [-0.25, -0.2) is 0 Å². The van der Waals surface area contributed by atoms with E-state index in [2.05, 4.69) is 36.3 Å². The first-order valence-electron chi connectivity index (χ1n) is 7.16. The lowest BCUT2D eigenvalue weighted by molar-refractivity contribution is 0.251. The molecule has 0 unspecified atom stereocenters. The van der Waals surface area contributed by atoms with Crippen LogP contribution in [0.1, 0.15) is 64.7 Å². The number of hydrogen-bond donors (Lipinski definition) is 1. The number of rotatable bonds is 5. The van der Waals surface area contributed by atoms with E-state index >= 15 is 0 Å². The standard InChI is InChI=1S/C14H25N3O/c1-11(2)15-10-7-12-16-17-13(18-12)14(3)8-5-4-6-9-14/h11,15H,4-10H2,1-3H3. The van der Waals surface area contributed by atoms with Gasteiger partial charge in [-0.1, -0.05) is 40.0 Å². The first-order valence-corrected chi connectivity index (χ1v) is 7.16. The largest absolute Gasteiger partial charge is 0.425 e. The zero-order valence-electron chi connectivity index (χ0n) is 11.8. The van der Waals surface area contributed by atoms with E-state index in [1.807, 2.05) is 0 Å². The van der Waals surface area contributed by atoms with Gasteiger partial charge >= 0.3 is 0 Å². The summed E-state index contributed by atoms with van der Waals surface area (Å²) in [4.78, 5) is 0. The lowest BCUT2D eigenvalue weighted by Gasteiger charge is -2.29. The van der Waals surface area contributed by atoms with Crippen LogP contribution in [-0.4, -0.2) is 22.8 Å². The van der Waals surface area contributed by atoms with E-state index in [1.165, 1.54) is 32.1 Å². The summed E-state index contributed by atoms with van der Waals surface area (Å²) in [5.74, 6) is 1.62. The normalized spacial score (nSPS) is 19.3. The summed E-state index contributed by atoms with van der Waals surface area (Å²) in [6.45, 7) is 7.44. The van der Waals surface area contributed by atoms with E-state index in [1.54, 1.807) is 0 Å². The van der Waals surface area contributed by atoms with Crippen molar-refractivity contribution in [3.05, 3.63) is 11.8 Å². The van der Waals surface area contributed by atoms with Crippen molar-refractivity contribution in [1.82, 2.24) is 15.5 Å². The topological polar surface area (TPSA) is 51.0 Å². The van der Waals surface area contributed by atoms with Crippen LogP contribution in [0.4, 0.5) is 0 Å². The minimum atomic E-state index is 0.120. The van der Waals surface area contributed by atoms with Crippen LogP contribution >= 0.6 is 0 Å². The Kier molecular flexibility index (Phi) is 4.38. The molecule has 0 spiro atoms. The van der Waals surface area contributed by atoms with Gasteiger partial charge in [0.1, 0.15) is 0 Å². The Morgan fingerprint density at radius 1 is 1.22 bits per heavy atom. The lowest BCUT2D eigenvalue weighted by Crippen LogP contribution is -2.25. The zero-order valence-corrected chi connectivity index (χ0v) is 11.8. The fourth-order valence-electron chi connectivity index (χ4n) is 2.61. The summed E-state index contributed by atoms with van der Waals surface area (Å²) in [5.41, 5.74) is 0.120. The Morgan fingerprint density at radius 3 is 2.61 bits per heavy atom. The molecule has 0 radical (unpaired) electrons. The average Bonchev–Trinajstić information content (AvgIpc) is 2.79. The first kappa shape index (κ1) is 13.5. The van der Waals surface area contributed by atoms with E-state index in [0.29, 0.717) is 6.04 Å². The molecule has 1 aromatic heterocycles. The van der Waals surface area contributed by atoms with Crippen molar-refractivity contribution in [3.8, 4) is 0 Å².